The SMILES string of the molecule is CCOP(=O)(/C(=C/c1ccccc1)c1ccccc1)c1ccccc1. The molecule has 1 atom stereocenters. The van der Waals surface area contributed by atoms with E-state index in [0.717, 1.165) is 11.1 Å². The van der Waals surface area contributed by atoms with Gasteiger partial charge in [0.2, 0.25) is 0 Å². The smallest absolute Gasteiger partial charge is 0.261 e. The summed E-state index contributed by atoms with van der Waals surface area (Å²) in [6.45, 7) is 2.26. The van der Waals surface area contributed by atoms with Crippen molar-refractivity contribution in [2.45, 2.75) is 6.92 Å². The van der Waals surface area contributed by atoms with Crippen LogP contribution in [0.4, 0.5) is 0 Å². The van der Waals surface area contributed by atoms with Gasteiger partial charge in [0.25, 0.3) is 7.37 Å². The molecule has 3 aromatic carbocycles. The van der Waals surface area contributed by atoms with Crippen LogP contribution in [0.2, 0.25) is 0 Å². The van der Waals surface area contributed by atoms with Gasteiger partial charge < -0.3 is 4.52 Å². The van der Waals surface area contributed by atoms with Crippen LogP contribution < -0.4 is 5.30 Å². The molecule has 0 radical (unpaired) electrons. The minimum Gasteiger partial charge on any atom is -0.322 e. The number of rotatable bonds is 6. The highest BCUT2D eigenvalue weighted by molar-refractivity contribution is 7.77. The first-order valence-electron chi connectivity index (χ1n) is 8.37. The quantitative estimate of drug-likeness (QED) is 0.414. The predicted octanol–water partition coefficient (Wildman–Crippen LogP) is 5.82. The van der Waals surface area contributed by atoms with E-state index in [9.17, 15) is 4.57 Å². The average molecular weight is 348 g/mol. The summed E-state index contributed by atoms with van der Waals surface area (Å²) in [5.41, 5.74) is 1.91. The van der Waals surface area contributed by atoms with Crippen LogP contribution in [0.5, 0.6) is 0 Å². The van der Waals surface area contributed by atoms with E-state index in [1.165, 1.54) is 0 Å². The van der Waals surface area contributed by atoms with Crippen molar-refractivity contribution in [2.75, 3.05) is 6.61 Å². The van der Waals surface area contributed by atoms with Gasteiger partial charge in [-0.25, -0.2) is 0 Å². The van der Waals surface area contributed by atoms with Crippen LogP contribution in [0.15, 0.2) is 91.0 Å². The first kappa shape index (κ1) is 17.4. The van der Waals surface area contributed by atoms with Crippen LogP contribution >= 0.6 is 7.37 Å². The lowest BCUT2D eigenvalue weighted by Crippen LogP contribution is -2.09. The molecule has 0 aliphatic carbocycles. The Kier molecular flexibility index (Phi) is 5.65. The van der Waals surface area contributed by atoms with E-state index in [1.807, 2.05) is 104 Å². The van der Waals surface area contributed by atoms with Gasteiger partial charge in [0.05, 0.1) is 6.61 Å². The van der Waals surface area contributed by atoms with Crippen molar-refractivity contribution in [1.29, 1.82) is 0 Å². The Balaban J connectivity index is 2.22. The minimum atomic E-state index is -3.21. The van der Waals surface area contributed by atoms with Gasteiger partial charge >= 0.3 is 0 Å². The third-order valence-corrected chi connectivity index (χ3v) is 6.52. The summed E-state index contributed by atoms with van der Waals surface area (Å²) in [5.74, 6) is 0. The molecule has 0 N–H and O–H groups in total. The fourth-order valence-corrected chi connectivity index (χ4v) is 5.05. The highest BCUT2D eigenvalue weighted by atomic mass is 31.2. The minimum absolute atomic E-state index is 0.380. The second kappa shape index (κ2) is 8.11. The monoisotopic (exact) mass is 348 g/mol. The highest BCUT2D eigenvalue weighted by Crippen LogP contribution is 2.59. The van der Waals surface area contributed by atoms with Crippen LogP contribution in [-0.2, 0) is 9.09 Å². The molecule has 0 fully saturated rings. The van der Waals surface area contributed by atoms with E-state index in [0.29, 0.717) is 17.2 Å². The van der Waals surface area contributed by atoms with Gasteiger partial charge in [-0.3, -0.25) is 4.57 Å². The summed E-state index contributed by atoms with van der Waals surface area (Å²) in [6, 6.07) is 29.2. The molecule has 3 heteroatoms. The van der Waals surface area contributed by atoms with Gasteiger partial charge in [-0.05, 0) is 36.3 Å². The molecule has 0 aliphatic rings. The van der Waals surface area contributed by atoms with E-state index >= 15 is 0 Å². The molecule has 1 unspecified atom stereocenters. The molecule has 0 saturated heterocycles. The van der Waals surface area contributed by atoms with Crippen molar-refractivity contribution in [2.24, 2.45) is 0 Å². The van der Waals surface area contributed by atoms with E-state index < -0.39 is 7.37 Å². The Morgan fingerprint density at radius 1 is 0.840 bits per heavy atom. The van der Waals surface area contributed by atoms with Gasteiger partial charge in [-0.15, -0.1) is 0 Å². The fourth-order valence-electron chi connectivity index (χ4n) is 2.74. The molecule has 3 rings (SSSR count). The fraction of sp³-hybridized carbons (Fsp3) is 0.0909. The Morgan fingerprint density at radius 2 is 1.36 bits per heavy atom. The summed E-state index contributed by atoms with van der Waals surface area (Å²) in [5, 5.41) is 1.43. The molecule has 0 aromatic heterocycles. The lowest BCUT2D eigenvalue weighted by molar-refractivity contribution is 0.348. The van der Waals surface area contributed by atoms with Gasteiger partial charge in [0, 0.05) is 10.6 Å². The molecule has 2 nitrogen and oxygen atoms in total. The van der Waals surface area contributed by atoms with Crippen LogP contribution in [0, 0.1) is 0 Å². The Bertz CT molecular complexity index is 872. The van der Waals surface area contributed by atoms with E-state index in [4.69, 9.17) is 4.52 Å². The molecule has 0 aliphatic heterocycles. The normalized spacial score (nSPS) is 14.0. The molecular formula is C22H21O2P. The topological polar surface area (TPSA) is 26.3 Å². The molecule has 0 spiro atoms. The Labute approximate surface area is 149 Å². The summed E-state index contributed by atoms with van der Waals surface area (Å²) >= 11 is 0. The largest absolute Gasteiger partial charge is 0.322 e. The maximum Gasteiger partial charge on any atom is 0.261 e. The van der Waals surface area contributed by atoms with Crippen molar-refractivity contribution in [3.8, 4) is 0 Å². The summed E-state index contributed by atoms with van der Waals surface area (Å²) in [4.78, 5) is 0. The van der Waals surface area contributed by atoms with Gasteiger partial charge in [-0.2, -0.15) is 0 Å². The number of hydrogen-bond acceptors (Lipinski definition) is 2. The number of benzene rings is 3. The molecule has 3 aromatic rings. The molecular weight excluding hydrogens is 327 g/mol. The van der Waals surface area contributed by atoms with Crippen LogP contribution in [0.1, 0.15) is 18.1 Å². The van der Waals surface area contributed by atoms with Crippen LogP contribution in [-0.4, -0.2) is 6.61 Å². The molecule has 0 amide bonds. The summed E-state index contributed by atoms with van der Waals surface area (Å²) in [7, 11) is -3.21. The van der Waals surface area contributed by atoms with Crippen molar-refractivity contribution in [3.05, 3.63) is 102 Å². The maximum atomic E-state index is 14.0. The molecule has 25 heavy (non-hydrogen) atoms. The molecule has 126 valence electrons. The van der Waals surface area contributed by atoms with E-state index in [2.05, 4.69) is 0 Å². The lowest BCUT2D eigenvalue weighted by atomic mass is 10.1. The van der Waals surface area contributed by atoms with Gasteiger partial charge in [-0.1, -0.05) is 78.9 Å². The average Bonchev–Trinajstić information content (AvgIpc) is 2.68. The predicted molar refractivity (Wildman–Crippen MR) is 106 cm³/mol. The summed E-state index contributed by atoms with van der Waals surface area (Å²) in [6.07, 6.45) is 1.97. The van der Waals surface area contributed by atoms with Crippen LogP contribution in [0.25, 0.3) is 11.4 Å². The molecule has 0 bridgehead atoms. The second-order valence-corrected chi connectivity index (χ2v) is 7.97. The van der Waals surface area contributed by atoms with Crippen molar-refractivity contribution < 1.29 is 9.09 Å². The van der Waals surface area contributed by atoms with Crippen molar-refractivity contribution >= 4 is 24.1 Å². The zero-order chi connectivity index (χ0) is 17.5. The summed E-state index contributed by atoms with van der Waals surface area (Å²) < 4.78 is 19.9. The first-order valence-corrected chi connectivity index (χ1v) is 9.99. The van der Waals surface area contributed by atoms with E-state index in [-0.39, 0.29) is 0 Å². The lowest BCUT2D eigenvalue weighted by Gasteiger charge is -2.22. The zero-order valence-corrected chi connectivity index (χ0v) is 15.1. The third-order valence-electron chi connectivity index (χ3n) is 3.90. The molecule has 0 saturated carbocycles. The van der Waals surface area contributed by atoms with Crippen molar-refractivity contribution in [3.63, 3.8) is 0 Å². The van der Waals surface area contributed by atoms with Crippen LogP contribution in [0.3, 0.4) is 0 Å². The number of hydrogen-bond donors (Lipinski definition) is 0. The molecule has 0 heterocycles. The first-order chi connectivity index (χ1) is 12.2. The standard InChI is InChI=1S/C22H21O2P/c1-2-24-25(23,21-16-10-5-11-17-21)22(20-14-8-4-9-15-20)18-19-12-6-3-7-13-19/h3-18H,2H2,1H3/b22-18+. The third kappa shape index (κ3) is 3.99. The highest BCUT2D eigenvalue weighted by Gasteiger charge is 2.31. The van der Waals surface area contributed by atoms with Crippen molar-refractivity contribution in [1.82, 2.24) is 0 Å². The zero-order valence-electron chi connectivity index (χ0n) is 14.2. The van der Waals surface area contributed by atoms with E-state index in [1.54, 1.807) is 0 Å². The second-order valence-electron chi connectivity index (χ2n) is 5.61. The van der Waals surface area contributed by atoms with Gasteiger partial charge in [0.15, 0.2) is 0 Å². The maximum absolute atomic E-state index is 14.0. The van der Waals surface area contributed by atoms with Gasteiger partial charge in [0.1, 0.15) is 0 Å². The Morgan fingerprint density at radius 3 is 1.92 bits per heavy atom. The Hall–Kier alpha value is -2.41.